The fourth-order valence-electron chi connectivity index (χ4n) is 7.89. The topological polar surface area (TPSA) is 168 Å². The van der Waals surface area contributed by atoms with Gasteiger partial charge in [-0.05, 0) is 59.7 Å². The van der Waals surface area contributed by atoms with Crippen molar-refractivity contribution in [2.24, 2.45) is 11.8 Å². The lowest BCUT2D eigenvalue weighted by Crippen LogP contribution is -2.50. The summed E-state index contributed by atoms with van der Waals surface area (Å²) in [4.78, 5) is 82.3. The molecule has 4 fully saturated rings. The zero-order chi connectivity index (χ0) is 36.9. The van der Waals surface area contributed by atoms with Crippen molar-refractivity contribution in [2.75, 3.05) is 9.80 Å². The third kappa shape index (κ3) is 5.03. The van der Waals surface area contributed by atoms with Crippen molar-refractivity contribution in [3.8, 4) is 0 Å². The molecule has 0 saturated carbocycles. The van der Waals surface area contributed by atoms with E-state index >= 15 is 0 Å². The molecule has 4 aromatic rings. The highest BCUT2D eigenvalue weighted by Crippen LogP contribution is 2.60. The Labute approximate surface area is 320 Å². The number of carbonyl (C=O) groups is 4. The number of benzene rings is 4. The Kier molecular flexibility index (Phi) is 8.31. The molecule has 0 aromatic heterocycles. The summed E-state index contributed by atoms with van der Waals surface area (Å²) in [6.45, 7) is 0. The van der Waals surface area contributed by atoms with Crippen molar-refractivity contribution in [3.05, 3.63) is 135 Å². The molecule has 4 aliphatic heterocycles. The van der Waals surface area contributed by atoms with Crippen LogP contribution in [0.4, 0.5) is 22.7 Å². The number of hydrogen-bond acceptors (Lipinski definition) is 10. The third-order valence-corrected chi connectivity index (χ3v) is 11.6. The standard InChI is InChI=1S/C34H20Br2Cl2N6O8/c35-17-5-1-15(2-6-17)27-25-29(33(47)39(31(25)45)19-9-11-21(37)23(13-19)43(49)50)42-28(16-3-7-18(36)8-4-16)26-30(41(27)42)34(48)40(32(26)46)20-10-12-22(38)24(14-20)44(51)52/h1-14,25-30H. The normalized spacial score (nSPS) is 25.5. The quantitative estimate of drug-likeness (QED) is 0.115. The van der Waals surface area contributed by atoms with E-state index in [2.05, 4.69) is 31.9 Å². The van der Waals surface area contributed by atoms with Gasteiger partial charge in [0, 0.05) is 21.1 Å². The number of nitro benzene ring substituents is 2. The molecular formula is C34H20Br2Cl2N6O8. The average Bonchev–Trinajstić information content (AvgIpc) is 3.77. The van der Waals surface area contributed by atoms with Gasteiger partial charge in [0.15, 0.2) is 0 Å². The Morgan fingerprint density at radius 3 is 1.19 bits per heavy atom. The number of fused-ring (bicyclic) bond motifs is 5. The first-order valence-electron chi connectivity index (χ1n) is 15.5. The number of amides is 4. The van der Waals surface area contributed by atoms with Gasteiger partial charge in [0.05, 0.1) is 45.1 Å². The molecule has 4 heterocycles. The van der Waals surface area contributed by atoms with E-state index in [1.165, 1.54) is 24.3 Å². The fourth-order valence-corrected chi connectivity index (χ4v) is 8.79. The number of hydrazine groups is 1. The van der Waals surface area contributed by atoms with Gasteiger partial charge in [-0.15, -0.1) is 0 Å². The van der Waals surface area contributed by atoms with E-state index in [1.54, 1.807) is 58.5 Å². The first-order chi connectivity index (χ1) is 24.8. The molecule has 52 heavy (non-hydrogen) atoms. The van der Waals surface area contributed by atoms with Crippen LogP contribution in [0.1, 0.15) is 23.2 Å². The minimum absolute atomic E-state index is 0.0520. The Morgan fingerprint density at radius 1 is 0.519 bits per heavy atom. The molecule has 6 unspecified atom stereocenters. The van der Waals surface area contributed by atoms with Crippen LogP contribution in [-0.2, 0) is 19.2 Å². The maximum atomic E-state index is 14.6. The van der Waals surface area contributed by atoms with E-state index in [0.717, 1.165) is 30.9 Å². The van der Waals surface area contributed by atoms with Crippen LogP contribution in [0, 0.1) is 32.1 Å². The second kappa shape index (κ2) is 12.5. The van der Waals surface area contributed by atoms with Crippen molar-refractivity contribution < 1.29 is 29.0 Å². The molecule has 4 saturated heterocycles. The Bertz CT molecular complexity index is 2120. The molecule has 0 spiro atoms. The summed E-state index contributed by atoms with van der Waals surface area (Å²) in [5.74, 6) is -5.00. The van der Waals surface area contributed by atoms with Crippen molar-refractivity contribution in [2.45, 2.75) is 24.2 Å². The first-order valence-corrected chi connectivity index (χ1v) is 17.9. The van der Waals surface area contributed by atoms with Gasteiger partial charge < -0.3 is 0 Å². The van der Waals surface area contributed by atoms with E-state index in [0.29, 0.717) is 11.1 Å². The number of imide groups is 2. The fraction of sp³-hybridized carbons (Fsp3) is 0.176. The van der Waals surface area contributed by atoms with Crippen LogP contribution >= 0.6 is 55.1 Å². The van der Waals surface area contributed by atoms with E-state index in [-0.39, 0.29) is 21.4 Å². The van der Waals surface area contributed by atoms with Crippen molar-refractivity contribution in [1.29, 1.82) is 0 Å². The average molecular weight is 871 g/mol. The van der Waals surface area contributed by atoms with Gasteiger partial charge >= 0.3 is 0 Å². The molecule has 4 amide bonds. The molecule has 262 valence electrons. The lowest BCUT2D eigenvalue weighted by Gasteiger charge is -2.35. The molecule has 18 heteroatoms. The van der Waals surface area contributed by atoms with Gasteiger partial charge in [-0.1, -0.05) is 79.3 Å². The molecule has 4 aliphatic rings. The summed E-state index contributed by atoms with van der Waals surface area (Å²) < 4.78 is 1.45. The van der Waals surface area contributed by atoms with Gasteiger partial charge in [0.25, 0.3) is 23.2 Å². The lowest BCUT2D eigenvalue weighted by molar-refractivity contribution is -0.384. The van der Waals surface area contributed by atoms with Crippen LogP contribution in [0.3, 0.4) is 0 Å². The van der Waals surface area contributed by atoms with Crippen LogP contribution in [0.15, 0.2) is 93.9 Å². The van der Waals surface area contributed by atoms with Crippen LogP contribution in [-0.4, -0.2) is 55.6 Å². The van der Waals surface area contributed by atoms with Crippen LogP contribution in [0.5, 0.6) is 0 Å². The van der Waals surface area contributed by atoms with Gasteiger partial charge in [-0.2, -0.15) is 0 Å². The van der Waals surface area contributed by atoms with Crippen molar-refractivity contribution in [3.63, 3.8) is 0 Å². The summed E-state index contributed by atoms with van der Waals surface area (Å²) in [5, 5.41) is 26.4. The maximum Gasteiger partial charge on any atom is 0.289 e. The van der Waals surface area contributed by atoms with Crippen molar-refractivity contribution in [1.82, 2.24) is 10.0 Å². The number of nitrogens with zero attached hydrogens (tertiary/aromatic N) is 6. The molecule has 14 nitrogen and oxygen atoms in total. The molecule has 0 bridgehead atoms. The molecule has 4 aromatic carbocycles. The lowest BCUT2D eigenvalue weighted by atomic mass is 9.84. The predicted molar refractivity (Wildman–Crippen MR) is 193 cm³/mol. The molecule has 0 aliphatic carbocycles. The molecule has 8 rings (SSSR count). The molecule has 0 N–H and O–H groups in total. The van der Waals surface area contributed by atoms with Gasteiger partial charge in [0.1, 0.15) is 22.1 Å². The van der Waals surface area contributed by atoms with E-state index in [4.69, 9.17) is 23.2 Å². The Hall–Kier alpha value is -4.58. The number of carbonyl (C=O) groups excluding carboxylic acids is 4. The number of halogens is 4. The van der Waals surface area contributed by atoms with Crippen LogP contribution in [0.25, 0.3) is 0 Å². The summed E-state index contributed by atoms with van der Waals surface area (Å²) in [5.41, 5.74) is 0.0199. The summed E-state index contributed by atoms with van der Waals surface area (Å²) in [7, 11) is 0. The third-order valence-electron chi connectivity index (χ3n) is 9.92. The number of hydrogen-bond donors (Lipinski definition) is 0. The van der Waals surface area contributed by atoms with Crippen molar-refractivity contribution >= 4 is 101 Å². The van der Waals surface area contributed by atoms with Gasteiger partial charge in [-0.25, -0.2) is 19.8 Å². The molecule has 6 atom stereocenters. The number of rotatable bonds is 6. The predicted octanol–water partition coefficient (Wildman–Crippen LogP) is 6.78. The van der Waals surface area contributed by atoms with E-state index < -0.39 is 80.9 Å². The highest BCUT2D eigenvalue weighted by atomic mass is 79.9. The first kappa shape index (κ1) is 34.5. The summed E-state index contributed by atoms with van der Waals surface area (Å²) in [6.07, 6.45) is 0. The number of anilines is 2. The van der Waals surface area contributed by atoms with Gasteiger partial charge in [-0.3, -0.25) is 39.4 Å². The molecular weight excluding hydrogens is 851 g/mol. The highest BCUT2D eigenvalue weighted by Gasteiger charge is 2.73. The minimum atomic E-state index is -1.24. The van der Waals surface area contributed by atoms with Crippen LogP contribution < -0.4 is 9.80 Å². The van der Waals surface area contributed by atoms with Gasteiger partial charge in [0.2, 0.25) is 11.8 Å². The minimum Gasteiger partial charge on any atom is -0.274 e. The van der Waals surface area contributed by atoms with E-state index in [1.807, 2.05) is 0 Å². The maximum absolute atomic E-state index is 14.6. The van der Waals surface area contributed by atoms with Crippen LogP contribution in [0.2, 0.25) is 10.0 Å². The second-order valence-corrected chi connectivity index (χ2v) is 15.1. The second-order valence-electron chi connectivity index (χ2n) is 12.5. The Morgan fingerprint density at radius 2 is 0.865 bits per heavy atom. The monoisotopic (exact) mass is 868 g/mol. The Balaban J connectivity index is 1.32. The summed E-state index contributed by atoms with van der Waals surface area (Å²) in [6, 6.07) is 16.8. The highest BCUT2D eigenvalue weighted by molar-refractivity contribution is 9.10. The smallest absolute Gasteiger partial charge is 0.274 e. The SMILES string of the molecule is O=C1C2C(C(=O)N1c1ccc(Cl)c([N+](=O)[O-])c1)N1C(c3ccc(Br)cc3)C3C(=O)N(c4ccc(Cl)c([N+](=O)[O-])c4)C(=O)C3N1C2c1ccc(Br)cc1. The zero-order valence-electron chi connectivity index (χ0n) is 26.0. The number of nitro groups is 2. The largest absolute Gasteiger partial charge is 0.289 e. The summed E-state index contributed by atoms with van der Waals surface area (Å²) >= 11 is 19.0. The molecule has 0 radical (unpaired) electrons. The van der Waals surface area contributed by atoms with E-state index in [9.17, 15) is 39.4 Å². The zero-order valence-corrected chi connectivity index (χ0v) is 30.7.